The highest BCUT2D eigenvalue weighted by Crippen LogP contribution is 2.26. The van der Waals surface area contributed by atoms with Crippen molar-refractivity contribution in [1.82, 2.24) is 9.97 Å². The highest BCUT2D eigenvalue weighted by atomic mass is 35.5. The maximum absolute atomic E-state index is 9.45. The molecule has 0 amide bonds. The molecule has 16 heavy (non-hydrogen) atoms. The van der Waals surface area contributed by atoms with E-state index in [2.05, 4.69) is 28.7 Å². The number of aromatic hydroxyl groups is 1. The van der Waals surface area contributed by atoms with Gasteiger partial charge < -0.3 is 10.0 Å². The lowest BCUT2D eigenvalue weighted by molar-refractivity contribution is 0.352. The molecule has 2 heterocycles. The summed E-state index contributed by atoms with van der Waals surface area (Å²) in [7, 11) is 0. The standard InChI is InChI=1S/C11H16ClN3O/c1-7-3-8(2)6-15(5-7)11-13-4-9(12)10(16)14-11/h4,7-8H,3,5-6H2,1-2H3,(H,13,14,16). The van der Waals surface area contributed by atoms with Gasteiger partial charge in [0.15, 0.2) is 0 Å². The van der Waals surface area contributed by atoms with Crippen LogP contribution in [0, 0.1) is 11.8 Å². The van der Waals surface area contributed by atoms with Crippen LogP contribution >= 0.6 is 11.6 Å². The zero-order valence-corrected chi connectivity index (χ0v) is 10.3. The molecule has 2 unspecified atom stereocenters. The van der Waals surface area contributed by atoms with Crippen molar-refractivity contribution in [1.29, 1.82) is 0 Å². The van der Waals surface area contributed by atoms with Crippen LogP contribution in [-0.2, 0) is 0 Å². The third-order valence-electron chi connectivity index (χ3n) is 2.86. The zero-order chi connectivity index (χ0) is 11.7. The number of hydrogen-bond acceptors (Lipinski definition) is 4. The van der Waals surface area contributed by atoms with Crippen LogP contribution in [0.4, 0.5) is 5.95 Å². The molecule has 0 aromatic carbocycles. The van der Waals surface area contributed by atoms with Crippen LogP contribution in [-0.4, -0.2) is 28.2 Å². The van der Waals surface area contributed by atoms with Crippen molar-refractivity contribution in [3.05, 3.63) is 11.2 Å². The molecule has 1 N–H and O–H groups in total. The molecule has 2 rings (SSSR count). The van der Waals surface area contributed by atoms with Crippen LogP contribution < -0.4 is 4.90 Å². The number of hydrogen-bond donors (Lipinski definition) is 1. The minimum atomic E-state index is -0.141. The van der Waals surface area contributed by atoms with Crippen molar-refractivity contribution in [2.24, 2.45) is 11.8 Å². The first-order chi connectivity index (χ1) is 7.56. The summed E-state index contributed by atoms with van der Waals surface area (Å²) in [6.45, 7) is 6.31. The monoisotopic (exact) mass is 241 g/mol. The molecule has 0 bridgehead atoms. The molecule has 1 aliphatic rings. The zero-order valence-electron chi connectivity index (χ0n) is 9.52. The van der Waals surface area contributed by atoms with E-state index < -0.39 is 0 Å². The minimum absolute atomic E-state index is 0.141. The molecule has 0 radical (unpaired) electrons. The third kappa shape index (κ3) is 2.38. The predicted molar refractivity (Wildman–Crippen MR) is 63.9 cm³/mol. The van der Waals surface area contributed by atoms with Crippen molar-refractivity contribution in [3.8, 4) is 5.88 Å². The maximum Gasteiger partial charge on any atom is 0.235 e. The first-order valence-electron chi connectivity index (χ1n) is 5.52. The molecule has 1 fully saturated rings. The molecule has 1 aliphatic heterocycles. The Hall–Kier alpha value is -1.03. The maximum atomic E-state index is 9.45. The quantitative estimate of drug-likeness (QED) is 0.820. The smallest absolute Gasteiger partial charge is 0.235 e. The first-order valence-corrected chi connectivity index (χ1v) is 5.90. The topological polar surface area (TPSA) is 49.2 Å². The van der Waals surface area contributed by atoms with Gasteiger partial charge in [0.2, 0.25) is 11.8 Å². The molecule has 0 saturated carbocycles. The van der Waals surface area contributed by atoms with Gasteiger partial charge in [0.1, 0.15) is 5.02 Å². The Kier molecular flexibility index (Phi) is 3.19. The summed E-state index contributed by atoms with van der Waals surface area (Å²) in [5, 5.41) is 9.65. The molecule has 1 aromatic heterocycles. The molecule has 1 aromatic rings. The van der Waals surface area contributed by atoms with Crippen LogP contribution in [0.3, 0.4) is 0 Å². The summed E-state index contributed by atoms with van der Waals surface area (Å²) in [5.41, 5.74) is 0. The first kappa shape index (κ1) is 11.5. The molecule has 5 heteroatoms. The summed E-state index contributed by atoms with van der Waals surface area (Å²) >= 11 is 5.68. The van der Waals surface area contributed by atoms with E-state index in [1.54, 1.807) is 0 Å². The lowest BCUT2D eigenvalue weighted by atomic mass is 9.92. The second-order valence-corrected chi connectivity index (χ2v) is 5.10. The molecule has 1 saturated heterocycles. The van der Waals surface area contributed by atoms with E-state index in [-0.39, 0.29) is 10.9 Å². The Morgan fingerprint density at radius 3 is 2.56 bits per heavy atom. The van der Waals surface area contributed by atoms with E-state index in [0.29, 0.717) is 17.8 Å². The molecule has 0 aliphatic carbocycles. The second-order valence-electron chi connectivity index (χ2n) is 4.69. The summed E-state index contributed by atoms with van der Waals surface area (Å²) < 4.78 is 0. The third-order valence-corrected chi connectivity index (χ3v) is 3.13. The Bertz CT molecular complexity index is 375. The average Bonchev–Trinajstić information content (AvgIpc) is 2.20. The Morgan fingerprint density at radius 2 is 2.00 bits per heavy atom. The van der Waals surface area contributed by atoms with Gasteiger partial charge >= 0.3 is 0 Å². The van der Waals surface area contributed by atoms with Gasteiger partial charge in [-0.1, -0.05) is 25.4 Å². The molecule has 0 spiro atoms. The Labute approximate surface area is 100 Å². The van der Waals surface area contributed by atoms with Gasteiger partial charge in [-0.2, -0.15) is 4.98 Å². The molecule has 2 atom stereocenters. The summed E-state index contributed by atoms with van der Waals surface area (Å²) in [6.07, 6.45) is 2.68. The normalized spacial score (nSPS) is 25.8. The number of nitrogens with zero attached hydrogens (tertiary/aromatic N) is 3. The fraction of sp³-hybridized carbons (Fsp3) is 0.636. The summed E-state index contributed by atoms with van der Waals surface area (Å²) in [4.78, 5) is 10.3. The van der Waals surface area contributed by atoms with E-state index in [1.165, 1.54) is 12.6 Å². The van der Waals surface area contributed by atoms with Gasteiger partial charge in [-0.15, -0.1) is 0 Å². The summed E-state index contributed by atoms with van der Waals surface area (Å²) in [5.74, 6) is 1.69. The van der Waals surface area contributed by atoms with Crippen molar-refractivity contribution in [2.75, 3.05) is 18.0 Å². The predicted octanol–water partition coefficient (Wildman–Crippen LogP) is 2.32. The van der Waals surface area contributed by atoms with Gasteiger partial charge in [-0.3, -0.25) is 0 Å². The lowest BCUT2D eigenvalue weighted by Crippen LogP contribution is -2.39. The highest BCUT2D eigenvalue weighted by molar-refractivity contribution is 6.31. The van der Waals surface area contributed by atoms with Crippen LogP contribution in [0.2, 0.25) is 5.02 Å². The largest absolute Gasteiger partial charge is 0.492 e. The van der Waals surface area contributed by atoms with Gasteiger partial charge in [0, 0.05) is 13.1 Å². The minimum Gasteiger partial charge on any atom is -0.492 e. The number of rotatable bonds is 1. The van der Waals surface area contributed by atoms with Crippen molar-refractivity contribution >= 4 is 17.5 Å². The van der Waals surface area contributed by atoms with E-state index >= 15 is 0 Å². The van der Waals surface area contributed by atoms with Gasteiger partial charge in [0.25, 0.3) is 0 Å². The van der Waals surface area contributed by atoms with Crippen LogP contribution in [0.5, 0.6) is 5.88 Å². The van der Waals surface area contributed by atoms with Crippen LogP contribution in [0.25, 0.3) is 0 Å². The SMILES string of the molecule is CC1CC(C)CN(c2ncc(Cl)c(O)n2)C1. The Balaban J connectivity index is 2.19. The second kappa shape index (κ2) is 4.45. The van der Waals surface area contributed by atoms with E-state index in [0.717, 1.165) is 13.1 Å². The fourth-order valence-corrected chi connectivity index (χ4v) is 2.42. The molecule has 4 nitrogen and oxygen atoms in total. The van der Waals surface area contributed by atoms with Gasteiger partial charge in [-0.25, -0.2) is 4.98 Å². The van der Waals surface area contributed by atoms with Crippen molar-refractivity contribution in [3.63, 3.8) is 0 Å². The van der Waals surface area contributed by atoms with Crippen LogP contribution in [0.15, 0.2) is 6.20 Å². The fourth-order valence-electron chi connectivity index (χ4n) is 2.33. The number of halogens is 1. The van der Waals surface area contributed by atoms with E-state index in [4.69, 9.17) is 11.6 Å². The van der Waals surface area contributed by atoms with Crippen LogP contribution in [0.1, 0.15) is 20.3 Å². The number of anilines is 1. The van der Waals surface area contributed by atoms with Crippen molar-refractivity contribution in [2.45, 2.75) is 20.3 Å². The summed E-state index contributed by atoms with van der Waals surface area (Å²) in [6, 6.07) is 0. The molecular formula is C11H16ClN3O. The Morgan fingerprint density at radius 1 is 1.38 bits per heavy atom. The van der Waals surface area contributed by atoms with Gasteiger partial charge in [0.05, 0.1) is 6.20 Å². The van der Waals surface area contributed by atoms with E-state index in [9.17, 15) is 5.11 Å². The van der Waals surface area contributed by atoms with Gasteiger partial charge in [-0.05, 0) is 18.3 Å². The number of piperidine rings is 1. The molecular weight excluding hydrogens is 226 g/mol. The van der Waals surface area contributed by atoms with Crippen molar-refractivity contribution < 1.29 is 5.11 Å². The average molecular weight is 242 g/mol. The lowest BCUT2D eigenvalue weighted by Gasteiger charge is -2.34. The molecule has 88 valence electrons. The van der Waals surface area contributed by atoms with E-state index in [1.807, 2.05) is 0 Å². The number of aromatic nitrogens is 2. The highest BCUT2D eigenvalue weighted by Gasteiger charge is 2.23.